The lowest BCUT2D eigenvalue weighted by Crippen LogP contribution is -2.50. The molecule has 0 aromatic heterocycles. The van der Waals surface area contributed by atoms with Gasteiger partial charge in [0.05, 0.1) is 6.04 Å². The van der Waals surface area contributed by atoms with Crippen molar-refractivity contribution in [1.29, 1.82) is 0 Å². The molecule has 1 aliphatic carbocycles. The first-order chi connectivity index (χ1) is 15.6. The van der Waals surface area contributed by atoms with E-state index in [9.17, 15) is 9.18 Å². The summed E-state index contributed by atoms with van der Waals surface area (Å²) in [5, 5.41) is 0. The van der Waals surface area contributed by atoms with E-state index in [0.717, 1.165) is 12.1 Å². The van der Waals surface area contributed by atoms with Crippen LogP contribution >= 0.6 is 0 Å². The van der Waals surface area contributed by atoms with E-state index in [1.54, 1.807) is 13.8 Å². The zero-order valence-electron chi connectivity index (χ0n) is 21.1. The Labute approximate surface area is 199 Å². The Morgan fingerprint density at radius 3 is 2.27 bits per heavy atom. The second-order valence-electron chi connectivity index (χ2n) is 11.2. The first kappa shape index (κ1) is 26.0. The molecule has 2 aliphatic rings. The minimum atomic E-state index is -0.959. The molecule has 5 nitrogen and oxygen atoms in total. The minimum Gasteiger partial charge on any atom is -0.444 e. The van der Waals surface area contributed by atoms with Gasteiger partial charge < -0.3 is 15.2 Å². The molecule has 1 saturated carbocycles. The number of amides is 1. The van der Waals surface area contributed by atoms with Crippen LogP contribution < -0.4 is 5.73 Å². The molecule has 1 saturated heterocycles. The quantitative estimate of drug-likeness (QED) is 0.557. The Morgan fingerprint density at radius 1 is 1.09 bits per heavy atom. The number of nitrogens with zero attached hydrogens (tertiary/aromatic N) is 1. The van der Waals surface area contributed by atoms with E-state index in [2.05, 4.69) is 12.1 Å². The van der Waals surface area contributed by atoms with Crippen molar-refractivity contribution >= 4 is 6.09 Å². The topological polar surface area (TPSA) is 64.8 Å². The number of rotatable bonds is 4. The van der Waals surface area contributed by atoms with E-state index in [0.29, 0.717) is 11.8 Å². The van der Waals surface area contributed by atoms with Crippen molar-refractivity contribution in [3.63, 3.8) is 0 Å². The summed E-state index contributed by atoms with van der Waals surface area (Å²) in [6.07, 6.45) is 7.46. The maximum atomic E-state index is 14.2. The summed E-state index contributed by atoms with van der Waals surface area (Å²) in [4.78, 5) is 14.3. The van der Waals surface area contributed by atoms with Crippen LogP contribution in [0.25, 0.3) is 0 Å². The van der Waals surface area contributed by atoms with Gasteiger partial charge >= 0.3 is 6.09 Å². The highest BCUT2D eigenvalue weighted by atomic mass is 19.1. The fraction of sp³-hybridized carbons (Fsp3) is 0.741. The van der Waals surface area contributed by atoms with Gasteiger partial charge in [-0.1, -0.05) is 43.5 Å². The molecule has 4 unspecified atom stereocenters. The van der Waals surface area contributed by atoms with Gasteiger partial charge in [0, 0.05) is 0 Å². The van der Waals surface area contributed by atoms with E-state index < -0.39 is 36.2 Å². The molecule has 0 radical (unpaired) electrons. The number of carbonyl (C=O) groups is 1. The van der Waals surface area contributed by atoms with Crippen LogP contribution in [0.15, 0.2) is 24.3 Å². The van der Waals surface area contributed by atoms with Gasteiger partial charge in [-0.15, -0.1) is 0 Å². The SMILES string of the molecule is CC(C)(C)OC(=O)N1C(CF)C(c2ccc(C3CCCCC(CN)CCC3)cc2)OC1(C)C. The summed E-state index contributed by atoms with van der Waals surface area (Å²) >= 11 is 0. The maximum absolute atomic E-state index is 14.2. The summed E-state index contributed by atoms with van der Waals surface area (Å²) in [7, 11) is 0. The molecule has 0 bridgehead atoms. The first-order valence-electron chi connectivity index (χ1n) is 12.6. The molecule has 186 valence electrons. The zero-order chi connectivity index (χ0) is 24.2. The third kappa shape index (κ3) is 6.48. The van der Waals surface area contributed by atoms with E-state index in [4.69, 9.17) is 15.2 Å². The molecule has 1 heterocycles. The van der Waals surface area contributed by atoms with Gasteiger partial charge in [-0.05, 0) is 89.8 Å². The average Bonchev–Trinajstić information content (AvgIpc) is 3.09. The summed E-state index contributed by atoms with van der Waals surface area (Å²) in [5.41, 5.74) is 6.54. The number of halogens is 1. The van der Waals surface area contributed by atoms with Crippen molar-refractivity contribution in [3.05, 3.63) is 35.4 Å². The lowest BCUT2D eigenvalue weighted by molar-refractivity contribution is -0.0797. The molecule has 0 spiro atoms. The zero-order valence-corrected chi connectivity index (χ0v) is 21.1. The first-order valence-corrected chi connectivity index (χ1v) is 12.6. The molecule has 2 N–H and O–H groups in total. The van der Waals surface area contributed by atoms with Gasteiger partial charge in [-0.3, -0.25) is 4.90 Å². The van der Waals surface area contributed by atoms with Crippen LogP contribution in [0.5, 0.6) is 0 Å². The number of hydrogen-bond acceptors (Lipinski definition) is 4. The largest absolute Gasteiger partial charge is 0.444 e. The number of hydrogen-bond donors (Lipinski definition) is 1. The lowest BCUT2D eigenvalue weighted by Gasteiger charge is -2.34. The number of carbonyl (C=O) groups excluding carboxylic acids is 1. The van der Waals surface area contributed by atoms with Crippen LogP contribution in [0.1, 0.15) is 103 Å². The van der Waals surface area contributed by atoms with Crippen molar-refractivity contribution in [1.82, 2.24) is 4.90 Å². The third-order valence-corrected chi connectivity index (χ3v) is 7.07. The Kier molecular flexibility index (Phi) is 8.44. The van der Waals surface area contributed by atoms with Gasteiger partial charge in [0.1, 0.15) is 24.1 Å². The summed E-state index contributed by atoms with van der Waals surface area (Å²) in [6, 6.07) is 7.71. The van der Waals surface area contributed by atoms with Crippen LogP contribution in [0.3, 0.4) is 0 Å². The van der Waals surface area contributed by atoms with Crippen molar-refractivity contribution in [2.24, 2.45) is 11.7 Å². The van der Waals surface area contributed by atoms with Crippen molar-refractivity contribution in [2.45, 2.75) is 109 Å². The van der Waals surface area contributed by atoms with E-state index in [1.165, 1.54) is 55.4 Å². The van der Waals surface area contributed by atoms with Crippen molar-refractivity contribution in [3.8, 4) is 0 Å². The number of nitrogens with two attached hydrogens (primary N) is 1. The van der Waals surface area contributed by atoms with Gasteiger partial charge in [-0.25, -0.2) is 9.18 Å². The van der Waals surface area contributed by atoms with Gasteiger partial charge in [0.25, 0.3) is 0 Å². The molecular formula is C27H43FN2O3. The molecule has 33 heavy (non-hydrogen) atoms. The highest BCUT2D eigenvalue weighted by Gasteiger charge is 2.51. The second kappa shape index (κ2) is 10.7. The van der Waals surface area contributed by atoms with Crippen LogP contribution in [0.2, 0.25) is 0 Å². The molecule has 1 aromatic rings. The molecular weight excluding hydrogens is 419 g/mol. The predicted molar refractivity (Wildman–Crippen MR) is 130 cm³/mol. The van der Waals surface area contributed by atoms with Gasteiger partial charge in [0.2, 0.25) is 0 Å². The van der Waals surface area contributed by atoms with Crippen LogP contribution in [0.4, 0.5) is 9.18 Å². The Balaban J connectivity index is 1.74. The number of benzene rings is 1. The maximum Gasteiger partial charge on any atom is 0.413 e. The summed E-state index contributed by atoms with van der Waals surface area (Å²) in [6.45, 7) is 9.11. The van der Waals surface area contributed by atoms with Crippen LogP contribution in [-0.4, -0.2) is 41.6 Å². The van der Waals surface area contributed by atoms with E-state index in [-0.39, 0.29) is 0 Å². The number of ether oxygens (including phenoxy) is 2. The molecule has 1 amide bonds. The van der Waals surface area contributed by atoms with Gasteiger partial charge in [-0.2, -0.15) is 0 Å². The van der Waals surface area contributed by atoms with Crippen LogP contribution in [-0.2, 0) is 9.47 Å². The smallest absolute Gasteiger partial charge is 0.413 e. The second-order valence-corrected chi connectivity index (χ2v) is 11.2. The molecule has 1 aliphatic heterocycles. The average molecular weight is 463 g/mol. The molecule has 4 atom stereocenters. The Bertz CT molecular complexity index is 775. The fourth-order valence-corrected chi connectivity index (χ4v) is 5.38. The third-order valence-electron chi connectivity index (χ3n) is 7.07. The van der Waals surface area contributed by atoms with E-state index >= 15 is 0 Å². The predicted octanol–water partition coefficient (Wildman–Crippen LogP) is 6.47. The normalized spacial score (nSPS) is 28.6. The lowest BCUT2D eigenvalue weighted by atomic mass is 9.88. The van der Waals surface area contributed by atoms with Crippen LogP contribution in [0, 0.1) is 5.92 Å². The van der Waals surface area contributed by atoms with E-state index in [1.807, 2.05) is 32.9 Å². The summed E-state index contributed by atoms with van der Waals surface area (Å²) < 4.78 is 26.0. The molecule has 3 rings (SSSR count). The van der Waals surface area contributed by atoms with Gasteiger partial charge in [0.15, 0.2) is 0 Å². The number of alkyl halides is 1. The Hall–Kier alpha value is -1.66. The highest BCUT2D eigenvalue weighted by molar-refractivity contribution is 5.70. The standard InChI is InChI=1S/C27H43FN2O3/c1-26(2,3)33-25(31)30-23(17-28)24(32-27(30,4)5)22-15-13-21(14-16-22)20-11-7-6-9-19(18-29)10-8-12-20/h13-16,19-20,23-24H,6-12,17-18,29H2,1-5H3. The van der Waals surface area contributed by atoms with Crippen molar-refractivity contribution in [2.75, 3.05) is 13.2 Å². The fourth-order valence-electron chi connectivity index (χ4n) is 5.38. The molecule has 2 fully saturated rings. The monoisotopic (exact) mass is 462 g/mol. The molecule has 6 heteroatoms. The molecule has 1 aromatic carbocycles. The summed E-state index contributed by atoms with van der Waals surface area (Å²) in [5.74, 6) is 1.21. The Morgan fingerprint density at radius 2 is 1.67 bits per heavy atom. The highest BCUT2D eigenvalue weighted by Crippen LogP contribution is 2.42. The van der Waals surface area contributed by atoms with Crippen molar-refractivity contribution < 1.29 is 18.7 Å². The minimum absolute atomic E-state index is 0.530.